The summed E-state index contributed by atoms with van der Waals surface area (Å²) in [5.41, 5.74) is 5.64. The lowest BCUT2D eigenvalue weighted by atomic mass is 9.95. The third-order valence-corrected chi connectivity index (χ3v) is 7.25. The Morgan fingerprint density at radius 1 is 1.16 bits per heavy atom. The minimum Gasteiger partial charge on any atom is -0.368 e. The molecule has 0 saturated heterocycles. The van der Waals surface area contributed by atoms with Crippen LogP contribution >= 0.6 is 22.9 Å². The number of nitrogens with one attached hydrogen (secondary N) is 3. The number of amides is 2. The molecule has 37 heavy (non-hydrogen) atoms. The zero-order valence-electron chi connectivity index (χ0n) is 20.8. The highest BCUT2D eigenvalue weighted by Crippen LogP contribution is 2.44. The summed E-state index contributed by atoms with van der Waals surface area (Å²) in [6, 6.07) is 9.38. The predicted octanol–water partition coefficient (Wildman–Crippen LogP) is 4.95. The van der Waals surface area contributed by atoms with Gasteiger partial charge >= 0.3 is 0 Å². The molecule has 1 aliphatic carbocycles. The van der Waals surface area contributed by atoms with E-state index in [-0.39, 0.29) is 17.9 Å². The summed E-state index contributed by atoms with van der Waals surface area (Å²) in [5, 5.41) is 14.7. The van der Waals surface area contributed by atoms with Gasteiger partial charge in [-0.05, 0) is 57.0 Å². The van der Waals surface area contributed by atoms with Gasteiger partial charge < -0.3 is 16.0 Å². The first kappa shape index (κ1) is 24.9. The van der Waals surface area contributed by atoms with E-state index in [0.717, 1.165) is 51.7 Å². The average Bonchev–Trinajstić information content (AvgIpc) is 3.44. The molecule has 9 nitrogen and oxygen atoms in total. The van der Waals surface area contributed by atoms with Crippen LogP contribution in [0.1, 0.15) is 42.4 Å². The third kappa shape index (κ3) is 4.82. The Kier molecular flexibility index (Phi) is 6.70. The molecule has 1 aromatic carbocycles. The van der Waals surface area contributed by atoms with E-state index < -0.39 is 0 Å². The summed E-state index contributed by atoms with van der Waals surface area (Å²) in [6.45, 7) is 5.59. The molecule has 0 bridgehead atoms. The van der Waals surface area contributed by atoms with E-state index in [1.807, 2.05) is 23.0 Å². The normalized spacial score (nSPS) is 12.2. The summed E-state index contributed by atoms with van der Waals surface area (Å²) in [4.78, 5) is 34.0. The number of hydrogen-bond donors (Lipinski definition) is 3. The van der Waals surface area contributed by atoms with Crippen LogP contribution in [0.5, 0.6) is 0 Å². The van der Waals surface area contributed by atoms with Gasteiger partial charge in [0.1, 0.15) is 5.82 Å². The second kappa shape index (κ2) is 9.95. The van der Waals surface area contributed by atoms with E-state index in [2.05, 4.69) is 39.8 Å². The maximum absolute atomic E-state index is 12.1. The van der Waals surface area contributed by atoms with Crippen LogP contribution in [-0.4, -0.2) is 44.7 Å². The molecule has 0 saturated carbocycles. The fourth-order valence-electron chi connectivity index (χ4n) is 4.36. The molecule has 3 N–H and O–H groups in total. The molecular weight excluding hydrogens is 510 g/mol. The number of carbonyl (C=O) groups is 2. The van der Waals surface area contributed by atoms with Gasteiger partial charge in [0.25, 0.3) is 5.91 Å². The molecule has 190 valence electrons. The summed E-state index contributed by atoms with van der Waals surface area (Å²) in [6.07, 6.45) is 3.26. The highest BCUT2D eigenvalue weighted by Gasteiger charge is 2.30. The van der Waals surface area contributed by atoms with Gasteiger partial charge in [-0.1, -0.05) is 22.9 Å². The van der Waals surface area contributed by atoms with E-state index in [1.165, 1.54) is 18.3 Å². The molecule has 0 radical (unpaired) electrons. The van der Waals surface area contributed by atoms with Gasteiger partial charge in [-0.3, -0.25) is 9.59 Å². The summed E-state index contributed by atoms with van der Waals surface area (Å²) in [7, 11) is 1.58. The van der Waals surface area contributed by atoms with Crippen LogP contribution in [0, 0.1) is 0 Å². The summed E-state index contributed by atoms with van der Waals surface area (Å²) < 4.78 is 1.81. The van der Waals surface area contributed by atoms with Crippen LogP contribution < -0.4 is 16.0 Å². The molecule has 0 atom stereocenters. The van der Waals surface area contributed by atoms with Crippen molar-refractivity contribution in [3.8, 4) is 27.5 Å². The Morgan fingerprint density at radius 3 is 2.62 bits per heavy atom. The first-order chi connectivity index (χ1) is 17.7. The molecular formula is C26H26ClN7O2S. The smallest absolute Gasteiger partial charge is 0.251 e. The highest BCUT2D eigenvalue weighted by molar-refractivity contribution is 7.19. The van der Waals surface area contributed by atoms with Crippen molar-refractivity contribution in [3.05, 3.63) is 58.4 Å². The number of anilines is 2. The second-order valence-electron chi connectivity index (χ2n) is 9.04. The quantitative estimate of drug-likeness (QED) is 0.322. The number of fused-ring (bicyclic) bond motifs is 3. The van der Waals surface area contributed by atoms with Gasteiger partial charge in [0.15, 0.2) is 5.13 Å². The number of rotatable bonds is 6. The van der Waals surface area contributed by atoms with Crippen molar-refractivity contribution in [2.24, 2.45) is 0 Å². The zero-order valence-corrected chi connectivity index (χ0v) is 22.4. The van der Waals surface area contributed by atoms with Crippen LogP contribution in [0.2, 0.25) is 5.02 Å². The first-order valence-electron chi connectivity index (χ1n) is 11.9. The van der Waals surface area contributed by atoms with Crippen LogP contribution in [0.15, 0.2) is 36.5 Å². The number of thiazole rings is 1. The monoisotopic (exact) mass is 535 g/mol. The van der Waals surface area contributed by atoms with Crippen molar-refractivity contribution < 1.29 is 9.59 Å². The Morgan fingerprint density at radius 2 is 1.97 bits per heavy atom. The molecule has 0 aliphatic heterocycles. The van der Waals surface area contributed by atoms with E-state index in [0.29, 0.717) is 21.4 Å². The Bertz CT molecular complexity index is 1510. The standard InChI is InChI=1S/C26H26ClN7O2S/c1-13(2)30-21-10-6-16(12-29-21)22-17-7-8-19-24(37-26(32-19)31-14(3)35)23(17)34(33-22)20-9-5-15(11-18(20)27)25(36)28-4/h5-6,9-13H,7-8H2,1-4H3,(H,28,36)(H,29,30)(H,31,32,35). The second-order valence-corrected chi connectivity index (χ2v) is 10.4. The summed E-state index contributed by atoms with van der Waals surface area (Å²) in [5.74, 6) is 0.404. The van der Waals surface area contributed by atoms with Crippen molar-refractivity contribution in [1.82, 2.24) is 25.1 Å². The molecule has 0 unspecified atom stereocenters. The lowest BCUT2D eigenvalue weighted by molar-refractivity contribution is -0.114. The molecule has 4 aromatic rings. The number of benzene rings is 1. The topological polar surface area (TPSA) is 114 Å². The van der Waals surface area contributed by atoms with Gasteiger partial charge in [-0.15, -0.1) is 0 Å². The van der Waals surface area contributed by atoms with Gasteiger partial charge in [-0.2, -0.15) is 5.10 Å². The van der Waals surface area contributed by atoms with Crippen molar-refractivity contribution in [1.29, 1.82) is 0 Å². The highest BCUT2D eigenvalue weighted by atomic mass is 35.5. The lowest BCUT2D eigenvalue weighted by Crippen LogP contribution is -2.17. The maximum atomic E-state index is 12.1. The largest absolute Gasteiger partial charge is 0.368 e. The van der Waals surface area contributed by atoms with E-state index in [9.17, 15) is 9.59 Å². The van der Waals surface area contributed by atoms with E-state index >= 15 is 0 Å². The van der Waals surface area contributed by atoms with Crippen LogP contribution in [0.3, 0.4) is 0 Å². The molecule has 11 heteroatoms. The van der Waals surface area contributed by atoms with Gasteiger partial charge in [0, 0.05) is 42.9 Å². The third-order valence-electron chi connectivity index (χ3n) is 5.93. The molecule has 3 aromatic heterocycles. The Hall–Kier alpha value is -3.76. The van der Waals surface area contributed by atoms with Crippen molar-refractivity contribution >= 4 is 45.7 Å². The molecule has 0 spiro atoms. The molecule has 0 fully saturated rings. The van der Waals surface area contributed by atoms with Gasteiger partial charge in [-0.25, -0.2) is 14.6 Å². The fraction of sp³-hybridized carbons (Fsp3) is 0.269. The minimum absolute atomic E-state index is 0.172. The van der Waals surface area contributed by atoms with Crippen LogP contribution in [0.4, 0.5) is 10.9 Å². The van der Waals surface area contributed by atoms with Crippen LogP contribution in [0.25, 0.3) is 27.5 Å². The van der Waals surface area contributed by atoms with Crippen molar-refractivity contribution in [3.63, 3.8) is 0 Å². The zero-order chi connectivity index (χ0) is 26.3. The van der Waals surface area contributed by atoms with Crippen molar-refractivity contribution in [2.45, 2.75) is 39.7 Å². The van der Waals surface area contributed by atoms with E-state index in [4.69, 9.17) is 16.7 Å². The van der Waals surface area contributed by atoms with E-state index in [1.54, 1.807) is 25.2 Å². The molecule has 5 rings (SSSR count). The number of hydrogen-bond acceptors (Lipinski definition) is 7. The molecule has 1 aliphatic rings. The summed E-state index contributed by atoms with van der Waals surface area (Å²) >= 11 is 8.12. The first-order valence-corrected chi connectivity index (χ1v) is 13.1. The number of carbonyl (C=O) groups excluding carboxylic acids is 2. The van der Waals surface area contributed by atoms with Crippen molar-refractivity contribution in [2.75, 3.05) is 17.7 Å². The number of pyridine rings is 1. The van der Waals surface area contributed by atoms with Crippen LogP contribution in [-0.2, 0) is 17.6 Å². The number of aryl methyl sites for hydroxylation is 1. The number of halogens is 1. The predicted molar refractivity (Wildman–Crippen MR) is 147 cm³/mol. The maximum Gasteiger partial charge on any atom is 0.251 e. The number of aromatic nitrogens is 4. The SMILES string of the molecule is CNC(=O)c1ccc(-n2nc(-c3ccc(NC(C)C)nc3)c3c2-c2sc(NC(C)=O)nc2CC3)c(Cl)c1. The van der Waals surface area contributed by atoms with Gasteiger partial charge in [0.05, 0.1) is 32.7 Å². The average molecular weight is 536 g/mol. The minimum atomic E-state index is -0.220. The molecule has 3 heterocycles. The Labute approximate surface area is 223 Å². The number of nitrogens with zero attached hydrogens (tertiary/aromatic N) is 4. The lowest BCUT2D eigenvalue weighted by Gasteiger charge is -2.15. The Balaban J connectivity index is 1.67. The fourth-order valence-corrected chi connectivity index (χ4v) is 5.74. The molecule has 2 amide bonds. The van der Waals surface area contributed by atoms with Gasteiger partial charge in [0.2, 0.25) is 5.91 Å².